The molecule has 2 aromatic carbocycles. The maximum absolute atomic E-state index is 12.7. The number of rotatable bonds is 19. The van der Waals surface area contributed by atoms with Crippen molar-refractivity contribution >= 4 is 18.0 Å². The van der Waals surface area contributed by atoms with E-state index in [0.29, 0.717) is 30.3 Å². The Balaban J connectivity index is 2.07. The van der Waals surface area contributed by atoms with Crippen molar-refractivity contribution in [2.45, 2.75) is 98.0 Å². The van der Waals surface area contributed by atoms with Crippen molar-refractivity contribution in [3.63, 3.8) is 0 Å². The number of hydrogen-bond acceptors (Lipinski definition) is 7. The molecule has 0 saturated heterocycles. The van der Waals surface area contributed by atoms with E-state index >= 15 is 0 Å². The Hall–Kier alpha value is -3.32. The van der Waals surface area contributed by atoms with Gasteiger partial charge in [-0.25, -0.2) is 0 Å². The van der Waals surface area contributed by atoms with Crippen LogP contribution in [0.2, 0.25) is 0 Å². The number of esters is 2. The van der Waals surface area contributed by atoms with Crippen LogP contribution in [0.4, 0.5) is 0 Å². The monoisotopic (exact) mass is 554 g/mol. The van der Waals surface area contributed by atoms with Gasteiger partial charge in [0.2, 0.25) is 0 Å². The number of carbonyl (C=O) groups is 2. The molecule has 7 heteroatoms. The average Bonchev–Trinajstić information content (AvgIpc) is 2.92. The van der Waals surface area contributed by atoms with Gasteiger partial charge in [-0.1, -0.05) is 70.4 Å². The summed E-state index contributed by atoms with van der Waals surface area (Å²) in [4.78, 5) is 24.1. The molecule has 0 fully saturated rings. The van der Waals surface area contributed by atoms with E-state index in [9.17, 15) is 14.7 Å². The highest BCUT2D eigenvalue weighted by atomic mass is 16.5. The maximum atomic E-state index is 12.7. The third-order valence-electron chi connectivity index (χ3n) is 6.33. The fourth-order valence-corrected chi connectivity index (χ4v) is 4.32. The summed E-state index contributed by atoms with van der Waals surface area (Å²) in [6, 6.07) is 10.1. The van der Waals surface area contributed by atoms with E-state index in [-0.39, 0.29) is 23.9 Å². The second kappa shape index (κ2) is 18.9. The van der Waals surface area contributed by atoms with Crippen molar-refractivity contribution < 1.29 is 33.6 Å². The number of hydrogen-bond donors (Lipinski definition) is 1. The van der Waals surface area contributed by atoms with E-state index in [1.807, 2.05) is 32.0 Å². The summed E-state index contributed by atoms with van der Waals surface area (Å²) in [5, 5.41) is 11.0. The Bertz CT molecular complexity index is 1080. The molecule has 0 aliphatic heterocycles. The molecule has 1 unspecified atom stereocenters. The first kappa shape index (κ1) is 32.9. The van der Waals surface area contributed by atoms with Crippen LogP contribution < -0.4 is 18.9 Å². The normalized spacial score (nSPS) is 11.8. The molecule has 0 radical (unpaired) electrons. The van der Waals surface area contributed by atoms with E-state index in [2.05, 4.69) is 6.92 Å². The first-order chi connectivity index (χ1) is 19.4. The highest BCUT2D eigenvalue weighted by molar-refractivity contribution is 5.74. The standard InChI is InChI=1S/C33H46O7/c1-5-8-9-10-11-12-13-14-15-16-33(36)40-32-24-28(39-25(4)34)20-21-29(32)30(35)22-18-26-17-19-27(37-6-2)23-31(26)38-7-3/h17-24,30,35H,5-16H2,1-4H3. The molecule has 7 nitrogen and oxygen atoms in total. The third kappa shape index (κ3) is 12.2. The lowest BCUT2D eigenvalue weighted by Crippen LogP contribution is -2.11. The minimum Gasteiger partial charge on any atom is -0.494 e. The number of aliphatic hydroxyl groups is 1. The van der Waals surface area contributed by atoms with Gasteiger partial charge in [-0.2, -0.15) is 0 Å². The molecule has 1 atom stereocenters. The van der Waals surface area contributed by atoms with Gasteiger partial charge in [-0.15, -0.1) is 0 Å². The Morgan fingerprint density at radius 3 is 2.05 bits per heavy atom. The quantitative estimate of drug-likeness (QED) is 0.107. The zero-order valence-corrected chi connectivity index (χ0v) is 24.6. The van der Waals surface area contributed by atoms with Crippen LogP contribution in [0.5, 0.6) is 23.0 Å². The molecule has 1 N–H and O–H groups in total. The number of ether oxygens (including phenoxy) is 4. The smallest absolute Gasteiger partial charge is 0.311 e. The number of carbonyl (C=O) groups excluding carboxylic acids is 2. The van der Waals surface area contributed by atoms with Gasteiger partial charge in [0.15, 0.2) is 0 Å². The molecule has 0 bridgehead atoms. The lowest BCUT2D eigenvalue weighted by atomic mass is 10.1. The van der Waals surface area contributed by atoms with Gasteiger partial charge >= 0.3 is 11.9 Å². The number of unbranched alkanes of at least 4 members (excludes halogenated alkanes) is 8. The summed E-state index contributed by atoms with van der Waals surface area (Å²) in [5.74, 6) is 0.863. The van der Waals surface area contributed by atoms with Crippen molar-refractivity contribution in [2.24, 2.45) is 0 Å². The summed E-state index contributed by atoms with van der Waals surface area (Å²) < 4.78 is 22.1. The second-order valence-electron chi connectivity index (χ2n) is 9.72. The zero-order valence-electron chi connectivity index (χ0n) is 24.6. The van der Waals surface area contributed by atoms with Gasteiger partial charge in [0, 0.05) is 36.6 Å². The van der Waals surface area contributed by atoms with E-state index in [4.69, 9.17) is 18.9 Å². The van der Waals surface area contributed by atoms with E-state index < -0.39 is 12.1 Å². The van der Waals surface area contributed by atoms with Gasteiger partial charge in [0.25, 0.3) is 0 Å². The average molecular weight is 555 g/mol. The van der Waals surface area contributed by atoms with Crippen LogP contribution in [0.15, 0.2) is 42.5 Å². The first-order valence-corrected chi connectivity index (χ1v) is 14.7. The van der Waals surface area contributed by atoms with Crippen LogP contribution >= 0.6 is 0 Å². The Morgan fingerprint density at radius 2 is 1.40 bits per heavy atom. The van der Waals surface area contributed by atoms with Crippen LogP contribution in [0.3, 0.4) is 0 Å². The Labute approximate surface area is 239 Å². The van der Waals surface area contributed by atoms with Gasteiger partial charge in [0.1, 0.15) is 29.1 Å². The highest BCUT2D eigenvalue weighted by Gasteiger charge is 2.17. The SMILES string of the molecule is CCCCCCCCCCCC(=O)Oc1cc(OC(C)=O)ccc1C(O)C=Cc1ccc(OCC)cc1OCC. The number of benzene rings is 2. The molecule has 2 rings (SSSR count). The summed E-state index contributed by atoms with van der Waals surface area (Å²) >= 11 is 0. The molecule has 40 heavy (non-hydrogen) atoms. The van der Waals surface area contributed by atoms with Crippen molar-refractivity contribution in [3.05, 3.63) is 53.6 Å². The molecule has 0 aliphatic carbocycles. The summed E-state index contributed by atoms with van der Waals surface area (Å²) in [7, 11) is 0. The Morgan fingerprint density at radius 1 is 0.775 bits per heavy atom. The van der Waals surface area contributed by atoms with Crippen molar-refractivity contribution in [3.8, 4) is 23.0 Å². The molecular weight excluding hydrogens is 508 g/mol. The molecule has 0 amide bonds. The Kier molecular flexibility index (Phi) is 15.5. The summed E-state index contributed by atoms with van der Waals surface area (Å²) in [6.45, 7) is 8.36. The van der Waals surface area contributed by atoms with Crippen LogP contribution in [-0.2, 0) is 9.59 Å². The van der Waals surface area contributed by atoms with Gasteiger partial charge < -0.3 is 24.1 Å². The predicted octanol–water partition coefficient (Wildman–Crippen LogP) is 7.98. The molecule has 2 aromatic rings. The molecular formula is C33H46O7. The molecule has 220 valence electrons. The van der Waals surface area contributed by atoms with E-state index in [0.717, 1.165) is 24.8 Å². The first-order valence-electron chi connectivity index (χ1n) is 14.7. The predicted molar refractivity (Wildman–Crippen MR) is 158 cm³/mol. The largest absolute Gasteiger partial charge is 0.494 e. The second-order valence-corrected chi connectivity index (χ2v) is 9.72. The minimum absolute atomic E-state index is 0.161. The van der Waals surface area contributed by atoms with Crippen LogP contribution in [0, 0.1) is 0 Å². The van der Waals surface area contributed by atoms with Crippen molar-refractivity contribution in [1.82, 2.24) is 0 Å². The fourth-order valence-electron chi connectivity index (χ4n) is 4.32. The van der Waals surface area contributed by atoms with E-state index in [1.165, 1.54) is 51.5 Å². The lowest BCUT2D eigenvalue weighted by Gasteiger charge is -2.15. The van der Waals surface area contributed by atoms with Gasteiger partial charge in [-0.3, -0.25) is 9.59 Å². The van der Waals surface area contributed by atoms with Gasteiger partial charge in [0.05, 0.1) is 13.2 Å². The van der Waals surface area contributed by atoms with E-state index in [1.54, 1.807) is 24.3 Å². The van der Waals surface area contributed by atoms with Crippen molar-refractivity contribution in [1.29, 1.82) is 0 Å². The zero-order chi connectivity index (χ0) is 29.2. The van der Waals surface area contributed by atoms with Crippen LogP contribution in [-0.4, -0.2) is 30.3 Å². The van der Waals surface area contributed by atoms with Gasteiger partial charge in [-0.05, 0) is 44.5 Å². The third-order valence-corrected chi connectivity index (χ3v) is 6.33. The summed E-state index contributed by atoms with van der Waals surface area (Å²) in [5.41, 5.74) is 1.15. The number of aliphatic hydroxyl groups excluding tert-OH is 1. The fraction of sp³-hybridized carbons (Fsp3) is 0.515. The summed E-state index contributed by atoms with van der Waals surface area (Å²) in [6.07, 6.45) is 12.9. The molecule has 0 aliphatic rings. The molecule has 0 aromatic heterocycles. The lowest BCUT2D eigenvalue weighted by molar-refractivity contribution is -0.134. The molecule has 0 saturated carbocycles. The highest BCUT2D eigenvalue weighted by Crippen LogP contribution is 2.33. The van der Waals surface area contributed by atoms with Crippen LogP contribution in [0.1, 0.15) is 109 Å². The molecule has 0 heterocycles. The van der Waals surface area contributed by atoms with Crippen LogP contribution in [0.25, 0.3) is 6.08 Å². The minimum atomic E-state index is -1.08. The maximum Gasteiger partial charge on any atom is 0.311 e. The topological polar surface area (TPSA) is 91.3 Å². The molecule has 0 spiro atoms. The van der Waals surface area contributed by atoms with Crippen molar-refractivity contribution in [2.75, 3.05) is 13.2 Å².